The Morgan fingerprint density at radius 1 is 1.25 bits per heavy atom. The number of carbonyl (C=O) groups excluding carboxylic acids is 1. The topological polar surface area (TPSA) is 119 Å². The van der Waals surface area contributed by atoms with E-state index in [1.165, 1.54) is 10.9 Å². The molecule has 0 aromatic carbocycles. The molecule has 1 aliphatic rings. The number of aromatic carboxylic acids is 1. The molecule has 1 aliphatic heterocycles. The fourth-order valence-corrected chi connectivity index (χ4v) is 3.66. The van der Waals surface area contributed by atoms with E-state index in [9.17, 15) is 9.59 Å². The summed E-state index contributed by atoms with van der Waals surface area (Å²) in [5.74, 6) is -1.01. The van der Waals surface area contributed by atoms with Gasteiger partial charge in [0.25, 0.3) is 5.91 Å². The molecule has 1 N–H and O–H groups in total. The zero-order valence-electron chi connectivity index (χ0n) is 15.7. The maximum atomic E-state index is 13.0. The molecule has 1 atom stereocenters. The maximum absolute atomic E-state index is 13.0. The molecule has 3 aromatic heterocycles. The molecule has 1 fully saturated rings. The van der Waals surface area contributed by atoms with E-state index in [4.69, 9.17) is 5.11 Å². The van der Waals surface area contributed by atoms with Crippen molar-refractivity contribution in [3.63, 3.8) is 0 Å². The van der Waals surface area contributed by atoms with Crippen molar-refractivity contribution in [1.29, 1.82) is 0 Å². The van der Waals surface area contributed by atoms with Gasteiger partial charge in [-0.3, -0.25) is 9.48 Å². The standard InChI is InChI=1S/C18H21N7O3/c1-11-6-16-19-14(7-12(2)25(16)21-11)17(26)23-5-3-4-13(8-23)9-24-10-15(18(27)28)20-22-24/h6-7,10,13H,3-5,8-9H2,1-2H3,(H,27,28). The van der Waals surface area contributed by atoms with E-state index in [0.717, 1.165) is 24.2 Å². The highest BCUT2D eigenvalue weighted by atomic mass is 16.4. The van der Waals surface area contributed by atoms with Gasteiger partial charge in [0.05, 0.1) is 11.9 Å². The molecule has 146 valence electrons. The third-order valence-corrected chi connectivity index (χ3v) is 4.96. The zero-order chi connectivity index (χ0) is 19.8. The zero-order valence-corrected chi connectivity index (χ0v) is 15.7. The first-order valence-corrected chi connectivity index (χ1v) is 9.17. The Balaban J connectivity index is 1.49. The van der Waals surface area contributed by atoms with Gasteiger partial charge in [-0.05, 0) is 38.7 Å². The van der Waals surface area contributed by atoms with Crippen LogP contribution in [-0.2, 0) is 6.54 Å². The van der Waals surface area contributed by atoms with Crippen molar-refractivity contribution in [2.45, 2.75) is 33.2 Å². The number of rotatable bonds is 4. The van der Waals surface area contributed by atoms with Gasteiger partial charge in [0.1, 0.15) is 5.69 Å². The number of carboxylic acid groups (broad SMARTS) is 1. The molecule has 0 saturated carbocycles. The molecule has 10 heteroatoms. The molecule has 0 aliphatic carbocycles. The summed E-state index contributed by atoms with van der Waals surface area (Å²) in [6.45, 7) is 5.58. The number of hydrogen-bond acceptors (Lipinski definition) is 6. The van der Waals surface area contributed by atoms with Crippen LogP contribution >= 0.6 is 0 Å². The third kappa shape index (κ3) is 3.45. The van der Waals surface area contributed by atoms with Crippen LogP contribution in [0.2, 0.25) is 0 Å². The summed E-state index contributed by atoms with van der Waals surface area (Å²) in [6.07, 6.45) is 3.24. The lowest BCUT2D eigenvalue weighted by Gasteiger charge is -2.32. The highest BCUT2D eigenvalue weighted by molar-refractivity contribution is 5.93. The van der Waals surface area contributed by atoms with Gasteiger partial charge in [-0.1, -0.05) is 5.21 Å². The first-order valence-electron chi connectivity index (χ1n) is 9.17. The average molecular weight is 383 g/mol. The monoisotopic (exact) mass is 383 g/mol. The summed E-state index contributed by atoms with van der Waals surface area (Å²) >= 11 is 0. The van der Waals surface area contributed by atoms with Crippen LogP contribution in [0.5, 0.6) is 0 Å². The van der Waals surface area contributed by atoms with Gasteiger partial charge < -0.3 is 10.0 Å². The van der Waals surface area contributed by atoms with Crippen molar-refractivity contribution >= 4 is 17.5 Å². The van der Waals surface area contributed by atoms with Crippen LogP contribution in [0.25, 0.3) is 5.65 Å². The summed E-state index contributed by atoms with van der Waals surface area (Å²) in [7, 11) is 0. The summed E-state index contributed by atoms with van der Waals surface area (Å²) in [4.78, 5) is 30.3. The van der Waals surface area contributed by atoms with E-state index < -0.39 is 5.97 Å². The van der Waals surface area contributed by atoms with Crippen LogP contribution in [0.1, 0.15) is 45.2 Å². The first-order chi connectivity index (χ1) is 13.4. The minimum atomic E-state index is -1.10. The molecule has 3 aromatic rings. The van der Waals surface area contributed by atoms with Crippen LogP contribution in [0.4, 0.5) is 0 Å². The maximum Gasteiger partial charge on any atom is 0.358 e. The van der Waals surface area contributed by atoms with Gasteiger partial charge in [-0.25, -0.2) is 14.3 Å². The second-order valence-corrected chi connectivity index (χ2v) is 7.23. The molecule has 0 radical (unpaired) electrons. The number of fused-ring (bicyclic) bond motifs is 1. The molecule has 28 heavy (non-hydrogen) atoms. The second-order valence-electron chi connectivity index (χ2n) is 7.23. The van der Waals surface area contributed by atoms with Gasteiger partial charge in [-0.2, -0.15) is 5.10 Å². The Labute approximate surface area is 160 Å². The van der Waals surface area contributed by atoms with Crippen LogP contribution < -0.4 is 0 Å². The van der Waals surface area contributed by atoms with Crippen LogP contribution in [0.15, 0.2) is 18.3 Å². The van der Waals surface area contributed by atoms with Gasteiger partial charge in [-0.15, -0.1) is 5.10 Å². The van der Waals surface area contributed by atoms with Crippen LogP contribution in [0.3, 0.4) is 0 Å². The van der Waals surface area contributed by atoms with Crippen molar-refractivity contribution < 1.29 is 14.7 Å². The number of aromatic nitrogens is 6. The van der Waals surface area contributed by atoms with E-state index in [2.05, 4.69) is 20.4 Å². The summed E-state index contributed by atoms with van der Waals surface area (Å²) in [5.41, 5.74) is 2.72. The van der Waals surface area contributed by atoms with E-state index >= 15 is 0 Å². The van der Waals surface area contributed by atoms with E-state index in [-0.39, 0.29) is 17.5 Å². The molecule has 4 rings (SSSR count). The average Bonchev–Trinajstić information content (AvgIpc) is 3.27. The van der Waals surface area contributed by atoms with E-state index in [0.29, 0.717) is 31.0 Å². The third-order valence-electron chi connectivity index (χ3n) is 4.96. The normalized spacial score (nSPS) is 17.2. The van der Waals surface area contributed by atoms with Crippen LogP contribution in [0, 0.1) is 19.8 Å². The minimum absolute atomic E-state index is 0.0761. The summed E-state index contributed by atoms with van der Waals surface area (Å²) < 4.78 is 3.27. The molecular weight excluding hydrogens is 362 g/mol. The number of nitrogens with zero attached hydrogens (tertiary/aromatic N) is 7. The van der Waals surface area contributed by atoms with Gasteiger partial charge in [0.2, 0.25) is 0 Å². The molecule has 1 saturated heterocycles. The van der Waals surface area contributed by atoms with Crippen molar-refractivity contribution in [2.75, 3.05) is 13.1 Å². The van der Waals surface area contributed by atoms with Gasteiger partial charge >= 0.3 is 5.97 Å². The number of carbonyl (C=O) groups is 2. The van der Waals surface area contributed by atoms with Gasteiger partial charge in [0, 0.05) is 31.4 Å². The largest absolute Gasteiger partial charge is 0.476 e. The lowest BCUT2D eigenvalue weighted by Crippen LogP contribution is -2.41. The highest BCUT2D eigenvalue weighted by Gasteiger charge is 2.26. The Morgan fingerprint density at radius 2 is 2.07 bits per heavy atom. The highest BCUT2D eigenvalue weighted by Crippen LogP contribution is 2.20. The molecular formula is C18H21N7O3. The van der Waals surface area contributed by atoms with Crippen molar-refractivity contribution in [3.8, 4) is 0 Å². The van der Waals surface area contributed by atoms with Crippen molar-refractivity contribution in [1.82, 2.24) is 34.5 Å². The number of amides is 1. The lowest BCUT2D eigenvalue weighted by atomic mass is 9.97. The Hall–Kier alpha value is -3.30. The van der Waals surface area contributed by atoms with Gasteiger partial charge in [0.15, 0.2) is 11.3 Å². The lowest BCUT2D eigenvalue weighted by molar-refractivity contribution is 0.0652. The van der Waals surface area contributed by atoms with Crippen LogP contribution in [-0.4, -0.2) is 64.6 Å². The van der Waals surface area contributed by atoms with Crippen molar-refractivity contribution in [2.24, 2.45) is 5.92 Å². The first kappa shape index (κ1) is 18.1. The number of piperidine rings is 1. The number of carboxylic acids is 1. The molecule has 0 bridgehead atoms. The Kier molecular flexibility index (Phi) is 4.54. The fraction of sp³-hybridized carbons (Fsp3) is 0.444. The van der Waals surface area contributed by atoms with E-state index in [1.807, 2.05) is 24.8 Å². The second kappa shape index (κ2) is 7.02. The Bertz CT molecular complexity index is 1050. The SMILES string of the molecule is Cc1cc2nc(C(=O)N3CCCC(Cn4cc(C(=O)O)nn4)C3)cc(C)n2n1. The van der Waals surface area contributed by atoms with Crippen molar-refractivity contribution in [3.05, 3.63) is 41.1 Å². The fourth-order valence-electron chi connectivity index (χ4n) is 3.66. The minimum Gasteiger partial charge on any atom is -0.476 e. The summed E-state index contributed by atoms with van der Waals surface area (Å²) in [6, 6.07) is 3.62. The number of likely N-dealkylation sites (tertiary alicyclic amines) is 1. The smallest absolute Gasteiger partial charge is 0.358 e. The molecule has 4 heterocycles. The molecule has 0 spiro atoms. The Morgan fingerprint density at radius 3 is 2.82 bits per heavy atom. The number of hydrogen-bond donors (Lipinski definition) is 1. The predicted molar refractivity (Wildman–Crippen MR) is 98.1 cm³/mol. The predicted octanol–water partition coefficient (Wildman–Crippen LogP) is 1.19. The molecule has 10 nitrogen and oxygen atoms in total. The van der Waals surface area contributed by atoms with E-state index in [1.54, 1.807) is 10.6 Å². The molecule has 1 unspecified atom stereocenters. The molecule has 1 amide bonds. The number of aryl methyl sites for hydroxylation is 2. The summed E-state index contributed by atoms with van der Waals surface area (Å²) in [5, 5.41) is 20.8. The quantitative estimate of drug-likeness (QED) is 0.719.